The monoisotopic (exact) mass is 498 g/mol. The van der Waals surface area contributed by atoms with Gasteiger partial charge in [0.15, 0.2) is 0 Å². The first-order valence-electron chi connectivity index (χ1n) is 11.3. The molecule has 0 unspecified atom stereocenters. The van der Waals surface area contributed by atoms with Crippen LogP contribution in [-0.4, -0.2) is 84.1 Å². The number of ketones is 1. The third kappa shape index (κ3) is 5.33. The number of carbonyl (C=O) groups excluding carboxylic acids is 3. The third-order valence-electron chi connectivity index (χ3n) is 6.03. The summed E-state index contributed by atoms with van der Waals surface area (Å²) in [6, 6.07) is 9.70. The number of Topliss-reactive ketones (excluding diaryl/α,β-unsaturated/α-hetero) is 1. The molecule has 0 aliphatic carbocycles. The van der Waals surface area contributed by atoms with Crippen molar-refractivity contribution in [2.75, 3.05) is 47.4 Å². The van der Waals surface area contributed by atoms with Gasteiger partial charge in [0.1, 0.15) is 16.4 Å². The van der Waals surface area contributed by atoms with Crippen molar-refractivity contribution >= 4 is 40.0 Å². The second kappa shape index (κ2) is 10.5. The van der Waals surface area contributed by atoms with Gasteiger partial charge in [-0.3, -0.25) is 19.3 Å². The van der Waals surface area contributed by atoms with Crippen LogP contribution in [0.3, 0.4) is 0 Å². The number of carbonyl (C=O) groups is 3. The van der Waals surface area contributed by atoms with E-state index in [1.807, 2.05) is 0 Å². The molecule has 0 radical (unpaired) electrons. The minimum Gasteiger partial charge on any atom is -0.496 e. The molecule has 1 aliphatic heterocycles. The molecule has 0 saturated carbocycles. The van der Waals surface area contributed by atoms with E-state index in [2.05, 4.69) is 9.27 Å². The lowest BCUT2D eigenvalue weighted by atomic mass is 10.1. The number of amides is 2. The summed E-state index contributed by atoms with van der Waals surface area (Å²) in [4.78, 5) is 43.9. The molecule has 0 atom stereocenters. The standard InChI is InChI=1S/C25H27FN4O4S/c1-28(2)25(33)22(31)23-18-13-19(21(34-3)14-20(18)27-35-23)24(32)30-10-4-9-29(11-12-30)15-16-5-7-17(26)8-6-16/h5-8,13-14H,4,9-12,15H2,1-3H3. The Hall–Kier alpha value is -3.37. The van der Waals surface area contributed by atoms with Crippen LogP contribution in [0.4, 0.5) is 4.39 Å². The van der Waals surface area contributed by atoms with E-state index in [1.165, 1.54) is 38.2 Å². The van der Waals surface area contributed by atoms with Gasteiger partial charge in [-0.2, -0.15) is 4.37 Å². The molecule has 1 saturated heterocycles. The highest BCUT2D eigenvalue weighted by atomic mass is 32.1. The van der Waals surface area contributed by atoms with Crippen LogP contribution in [-0.2, 0) is 11.3 Å². The molecule has 10 heteroatoms. The molecular weight excluding hydrogens is 471 g/mol. The maximum Gasteiger partial charge on any atom is 0.295 e. The average Bonchev–Trinajstić information content (AvgIpc) is 3.13. The number of benzene rings is 2. The lowest BCUT2D eigenvalue weighted by Crippen LogP contribution is -2.35. The zero-order valence-electron chi connectivity index (χ0n) is 19.9. The van der Waals surface area contributed by atoms with E-state index in [0.717, 1.165) is 30.1 Å². The van der Waals surface area contributed by atoms with Crippen molar-refractivity contribution in [2.24, 2.45) is 0 Å². The number of hydrogen-bond donors (Lipinski definition) is 0. The number of methoxy groups -OCH3 is 1. The van der Waals surface area contributed by atoms with Gasteiger partial charge in [0.2, 0.25) is 0 Å². The number of halogens is 1. The summed E-state index contributed by atoms with van der Waals surface area (Å²) in [5.41, 5.74) is 1.85. The van der Waals surface area contributed by atoms with Crippen molar-refractivity contribution < 1.29 is 23.5 Å². The van der Waals surface area contributed by atoms with E-state index >= 15 is 0 Å². The summed E-state index contributed by atoms with van der Waals surface area (Å²) < 4.78 is 23.0. The summed E-state index contributed by atoms with van der Waals surface area (Å²) >= 11 is 0.940. The average molecular weight is 499 g/mol. The van der Waals surface area contributed by atoms with E-state index in [9.17, 15) is 18.8 Å². The highest BCUT2D eigenvalue weighted by Gasteiger charge is 2.27. The van der Waals surface area contributed by atoms with Crippen LogP contribution >= 0.6 is 11.5 Å². The van der Waals surface area contributed by atoms with Gasteiger partial charge < -0.3 is 14.5 Å². The van der Waals surface area contributed by atoms with Gasteiger partial charge in [-0.1, -0.05) is 12.1 Å². The van der Waals surface area contributed by atoms with E-state index in [-0.39, 0.29) is 16.6 Å². The zero-order valence-corrected chi connectivity index (χ0v) is 20.7. The Morgan fingerprint density at radius 3 is 2.51 bits per heavy atom. The number of ether oxygens (including phenoxy) is 1. The largest absolute Gasteiger partial charge is 0.496 e. The van der Waals surface area contributed by atoms with E-state index in [1.54, 1.807) is 29.2 Å². The van der Waals surface area contributed by atoms with Gasteiger partial charge in [-0.05, 0) is 41.7 Å². The van der Waals surface area contributed by atoms with Gasteiger partial charge in [0, 0.05) is 58.3 Å². The SMILES string of the molecule is COc1cc2nsc(C(=O)C(=O)N(C)C)c2cc1C(=O)N1CCCN(Cc2ccc(F)cc2)CC1. The topological polar surface area (TPSA) is 83.0 Å². The molecule has 3 aromatic rings. The molecule has 1 fully saturated rings. The Bertz CT molecular complexity index is 1260. The van der Waals surface area contributed by atoms with Crippen molar-refractivity contribution in [1.82, 2.24) is 19.1 Å². The fraction of sp³-hybridized carbons (Fsp3) is 0.360. The second-order valence-electron chi connectivity index (χ2n) is 8.66. The molecule has 0 spiro atoms. The minimum absolute atomic E-state index is 0.198. The Morgan fingerprint density at radius 2 is 1.83 bits per heavy atom. The molecule has 35 heavy (non-hydrogen) atoms. The van der Waals surface area contributed by atoms with Crippen LogP contribution in [0, 0.1) is 5.82 Å². The maximum absolute atomic E-state index is 13.5. The molecule has 2 amide bonds. The molecule has 0 bridgehead atoms. The highest BCUT2D eigenvalue weighted by Crippen LogP contribution is 2.31. The Morgan fingerprint density at radius 1 is 1.09 bits per heavy atom. The van der Waals surface area contributed by atoms with Crippen LogP contribution in [0.25, 0.3) is 10.9 Å². The van der Waals surface area contributed by atoms with Crippen LogP contribution in [0.15, 0.2) is 36.4 Å². The number of rotatable bonds is 6. The van der Waals surface area contributed by atoms with Crippen molar-refractivity contribution in [1.29, 1.82) is 0 Å². The predicted molar refractivity (Wildman–Crippen MR) is 131 cm³/mol. The Kier molecular flexibility index (Phi) is 7.42. The van der Waals surface area contributed by atoms with Crippen LogP contribution in [0.2, 0.25) is 0 Å². The maximum atomic E-state index is 13.5. The van der Waals surface area contributed by atoms with E-state index in [4.69, 9.17) is 4.74 Å². The predicted octanol–water partition coefficient (Wildman–Crippen LogP) is 3.06. The highest BCUT2D eigenvalue weighted by molar-refractivity contribution is 7.10. The van der Waals surface area contributed by atoms with Gasteiger partial charge in [-0.15, -0.1) is 0 Å². The van der Waals surface area contributed by atoms with Gasteiger partial charge in [0.25, 0.3) is 17.6 Å². The number of hydrogen-bond acceptors (Lipinski definition) is 7. The summed E-state index contributed by atoms with van der Waals surface area (Å²) in [6.45, 7) is 3.27. The molecule has 0 N–H and O–H groups in total. The summed E-state index contributed by atoms with van der Waals surface area (Å²) in [5.74, 6) is -1.39. The number of fused-ring (bicyclic) bond motifs is 1. The Balaban J connectivity index is 1.55. The minimum atomic E-state index is -0.655. The van der Waals surface area contributed by atoms with Gasteiger partial charge in [0.05, 0.1) is 18.2 Å². The van der Waals surface area contributed by atoms with Crippen LogP contribution in [0.1, 0.15) is 32.0 Å². The second-order valence-corrected chi connectivity index (χ2v) is 9.43. The molecule has 2 heterocycles. The van der Waals surface area contributed by atoms with Crippen molar-refractivity contribution in [3.63, 3.8) is 0 Å². The number of nitrogens with zero attached hydrogens (tertiary/aromatic N) is 4. The fourth-order valence-electron chi connectivity index (χ4n) is 4.12. The van der Waals surface area contributed by atoms with Crippen molar-refractivity contribution in [3.8, 4) is 5.75 Å². The molecule has 2 aromatic carbocycles. The Labute approximate surface area is 207 Å². The summed E-state index contributed by atoms with van der Waals surface area (Å²) in [6.07, 6.45) is 0.790. The van der Waals surface area contributed by atoms with Crippen LogP contribution in [0.5, 0.6) is 5.75 Å². The lowest BCUT2D eigenvalue weighted by Gasteiger charge is -2.23. The number of aromatic nitrogens is 1. The summed E-state index contributed by atoms with van der Waals surface area (Å²) in [5, 5.41) is 0.465. The zero-order chi connectivity index (χ0) is 25.1. The quantitative estimate of drug-likeness (QED) is 0.384. The molecule has 1 aromatic heterocycles. The van der Waals surface area contributed by atoms with Crippen molar-refractivity contribution in [3.05, 3.63) is 58.2 Å². The van der Waals surface area contributed by atoms with Gasteiger partial charge >= 0.3 is 0 Å². The lowest BCUT2D eigenvalue weighted by molar-refractivity contribution is -0.124. The molecule has 4 rings (SSSR count). The van der Waals surface area contributed by atoms with E-state index in [0.29, 0.717) is 48.4 Å². The molecular formula is C25H27FN4O4S. The summed E-state index contributed by atoms with van der Waals surface area (Å²) in [7, 11) is 4.51. The third-order valence-corrected chi connectivity index (χ3v) is 6.91. The van der Waals surface area contributed by atoms with E-state index < -0.39 is 11.7 Å². The molecule has 1 aliphatic rings. The number of likely N-dealkylation sites (N-methyl/N-ethyl adjacent to an activating group) is 1. The van der Waals surface area contributed by atoms with Crippen molar-refractivity contribution in [2.45, 2.75) is 13.0 Å². The molecule has 184 valence electrons. The smallest absolute Gasteiger partial charge is 0.295 e. The van der Waals surface area contributed by atoms with Crippen LogP contribution < -0.4 is 4.74 Å². The van der Waals surface area contributed by atoms with Gasteiger partial charge in [-0.25, -0.2) is 4.39 Å². The first kappa shape index (κ1) is 24.7. The molecule has 8 nitrogen and oxygen atoms in total. The normalized spacial score (nSPS) is 14.6. The first-order chi connectivity index (χ1) is 16.8. The first-order valence-corrected chi connectivity index (χ1v) is 12.0. The fourth-order valence-corrected chi connectivity index (χ4v) is 4.89.